The van der Waals surface area contributed by atoms with Crippen molar-refractivity contribution >= 4 is 21.9 Å². The van der Waals surface area contributed by atoms with Crippen LogP contribution in [0.25, 0.3) is 55.8 Å². The third kappa shape index (κ3) is 2.97. The number of aromatic amines is 2. The smallest absolute Gasteiger partial charge is 0.137 e. The van der Waals surface area contributed by atoms with Crippen molar-refractivity contribution in [2.45, 2.75) is 0 Å². The Hall–Kier alpha value is -4.59. The van der Waals surface area contributed by atoms with E-state index < -0.39 is 0 Å². The van der Waals surface area contributed by atoms with Gasteiger partial charge in [-0.25, -0.2) is 4.98 Å². The number of nitrogens with zero attached hydrogens (tertiary/aromatic N) is 5. The third-order valence-corrected chi connectivity index (χ3v) is 5.41. The number of aromatic nitrogens is 7. The van der Waals surface area contributed by atoms with Crippen LogP contribution in [0.5, 0.6) is 5.75 Å². The molecule has 0 unspecified atom stereocenters. The van der Waals surface area contributed by atoms with E-state index in [-0.39, 0.29) is 0 Å². The third-order valence-electron chi connectivity index (χ3n) is 5.41. The molecule has 0 aromatic carbocycles. The van der Waals surface area contributed by atoms with Gasteiger partial charge in [-0.1, -0.05) is 0 Å². The van der Waals surface area contributed by atoms with Gasteiger partial charge in [0.1, 0.15) is 17.0 Å². The second kappa shape index (κ2) is 7.28. The van der Waals surface area contributed by atoms with Crippen molar-refractivity contribution in [2.75, 3.05) is 7.11 Å². The number of ether oxygens (including phenoxy) is 1. The molecule has 0 aliphatic heterocycles. The SMILES string of the molecule is COc1cncc(-c2ccc3[nH]nc(-c4cc5c(-c6ccncc6)nccc5[nH]4)c3n2)c1. The molecule has 0 radical (unpaired) electrons. The molecule has 6 aromatic heterocycles. The van der Waals surface area contributed by atoms with Crippen molar-refractivity contribution in [2.24, 2.45) is 0 Å². The van der Waals surface area contributed by atoms with E-state index in [4.69, 9.17) is 9.72 Å². The van der Waals surface area contributed by atoms with Crippen molar-refractivity contribution in [3.8, 4) is 39.7 Å². The lowest BCUT2D eigenvalue weighted by Gasteiger charge is -2.04. The summed E-state index contributed by atoms with van der Waals surface area (Å²) in [6.45, 7) is 0. The second-order valence-electron chi connectivity index (χ2n) is 7.32. The summed E-state index contributed by atoms with van der Waals surface area (Å²) in [5.74, 6) is 0.684. The minimum absolute atomic E-state index is 0.684. The standard InChI is InChI=1S/C24H17N7O/c1-32-16-10-15(12-26-13-16)18-2-3-20-23(29-18)24(31-30-20)21-11-17-19(28-21)6-9-27-22(17)14-4-7-25-8-5-14/h2-13,28H,1H3,(H,30,31). The topological polar surface area (TPSA) is 105 Å². The highest BCUT2D eigenvalue weighted by molar-refractivity contribution is 5.99. The van der Waals surface area contributed by atoms with Crippen LogP contribution in [-0.2, 0) is 0 Å². The van der Waals surface area contributed by atoms with Crippen molar-refractivity contribution < 1.29 is 4.74 Å². The van der Waals surface area contributed by atoms with Crippen molar-refractivity contribution in [3.05, 3.63) is 73.4 Å². The zero-order valence-electron chi connectivity index (χ0n) is 17.1. The number of hydrogen-bond acceptors (Lipinski definition) is 6. The molecule has 0 aliphatic carbocycles. The highest BCUT2D eigenvalue weighted by atomic mass is 16.5. The van der Waals surface area contributed by atoms with Gasteiger partial charge in [-0.3, -0.25) is 20.1 Å². The van der Waals surface area contributed by atoms with Crippen molar-refractivity contribution in [3.63, 3.8) is 0 Å². The normalized spacial score (nSPS) is 11.3. The van der Waals surface area contributed by atoms with Crippen LogP contribution in [0, 0.1) is 0 Å². The van der Waals surface area contributed by atoms with E-state index in [9.17, 15) is 0 Å². The van der Waals surface area contributed by atoms with Gasteiger partial charge >= 0.3 is 0 Å². The van der Waals surface area contributed by atoms with Gasteiger partial charge in [0, 0.05) is 46.8 Å². The lowest BCUT2D eigenvalue weighted by molar-refractivity contribution is 0.413. The van der Waals surface area contributed by atoms with Gasteiger partial charge in [-0.05, 0) is 42.5 Å². The van der Waals surface area contributed by atoms with Gasteiger partial charge in [0.2, 0.25) is 0 Å². The molecule has 0 aliphatic rings. The van der Waals surface area contributed by atoms with Crippen LogP contribution in [0.2, 0.25) is 0 Å². The summed E-state index contributed by atoms with van der Waals surface area (Å²) in [5, 5.41) is 8.64. The Kier molecular flexibility index (Phi) is 4.14. The number of nitrogens with one attached hydrogen (secondary N) is 2. The number of rotatable bonds is 4. The van der Waals surface area contributed by atoms with Gasteiger partial charge in [-0.15, -0.1) is 0 Å². The summed E-state index contributed by atoms with van der Waals surface area (Å²) in [7, 11) is 1.62. The lowest BCUT2D eigenvalue weighted by atomic mass is 10.1. The van der Waals surface area contributed by atoms with E-state index in [2.05, 4.69) is 36.2 Å². The van der Waals surface area contributed by atoms with E-state index in [1.165, 1.54) is 0 Å². The number of methoxy groups -OCH3 is 1. The summed E-state index contributed by atoms with van der Waals surface area (Å²) in [5.41, 5.74) is 7.78. The summed E-state index contributed by atoms with van der Waals surface area (Å²) >= 11 is 0. The average molecular weight is 419 g/mol. The Morgan fingerprint density at radius 1 is 0.812 bits per heavy atom. The molecule has 0 saturated heterocycles. The number of hydrogen-bond donors (Lipinski definition) is 2. The number of pyridine rings is 4. The molecule has 0 saturated carbocycles. The highest BCUT2D eigenvalue weighted by Gasteiger charge is 2.16. The molecule has 32 heavy (non-hydrogen) atoms. The molecule has 0 spiro atoms. The van der Waals surface area contributed by atoms with Crippen LogP contribution in [0.15, 0.2) is 73.4 Å². The predicted octanol–water partition coefficient (Wildman–Crippen LogP) is 4.63. The Labute approximate surface area is 182 Å². The molecule has 8 nitrogen and oxygen atoms in total. The first-order valence-corrected chi connectivity index (χ1v) is 10.0. The maximum absolute atomic E-state index is 5.30. The monoisotopic (exact) mass is 419 g/mol. The molecule has 0 bridgehead atoms. The van der Waals surface area contributed by atoms with Crippen LogP contribution in [0.3, 0.4) is 0 Å². The molecule has 8 heteroatoms. The van der Waals surface area contributed by atoms with Crippen molar-refractivity contribution in [1.29, 1.82) is 0 Å². The second-order valence-corrected chi connectivity index (χ2v) is 7.32. The first-order chi connectivity index (χ1) is 15.8. The zero-order chi connectivity index (χ0) is 21.5. The molecule has 2 N–H and O–H groups in total. The number of H-pyrrole nitrogens is 2. The molecule has 154 valence electrons. The maximum atomic E-state index is 5.30. The minimum Gasteiger partial charge on any atom is -0.495 e. The molecule has 6 heterocycles. The Balaban J connectivity index is 1.50. The molecule has 6 rings (SSSR count). The molecule has 6 aromatic rings. The van der Waals surface area contributed by atoms with Gasteiger partial charge in [-0.2, -0.15) is 5.10 Å². The van der Waals surface area contributed by atoms with E-state index in [1.54, 1.807) is 38.1 Å². The van der Waals surface area contributed by atoms with Crippen LogP contribution < -0.4 is 4.74 Å². The summed E-state index contributed by atoms with van der Waals surface area (Å²) in [4.78, 5) is 21.3. The summed E-state index contributed by atoms with van der Waals surface area (Å²) < 4.78 is 5.30. The van der Waals surface area contributed by atoms with Gasteiger partial charge in [0.25, 0.3) is 0 Å². The fraction of sp³-hybridized carbons (Fsp3) is 0.0417. The van der Waals surface area contributed by atoms with E-state index in [0.717, 1.165) is 55.8 Å². The number of fused-ring (bicyclic) bond motifs is 2. The maximum Gasteiger partial charge on any atom is 0.137 e. The van der Waals surface area contributed by atoms with Crippen LogP contribution >= 0.6 is 0 Å². The molecule has 0 fully saturated rings. The van der Waals surface area contributed by atoms with E-state index >= 15 is 0 Å². The van der Waals surface area contributed by atoms with Gasteiger partial charge in [0.15, 0.2) is 0 Å². The van der Waals surface area contributed by atoms with Crippen LogP contribution in [0.1, 0.15) is 0 Å². The Bertz CT molecular complexity index is 1570. The zero-order valence-corrected chi connectivity index (χ0v) is 17.1. The molecular formula is C24H17N7O. The van der Waals surface area contributed by atoms with Gasteiger partial charge < -0.3 is 9.72 Å². The van der Waals surface area contributed by atoms with E-state index in [0.29, 0.717) is 5.75 Å². The largest absolute Gasteiger partial charge is 0.495 e. The van der Waals surface area contributed by atoms with Crippen LogP contribution in [-0.4, -0.2) is 42.2 Å². The summed E-state index contributed by atoms with van der Waals surface area (Å²) in [6, 6.07) is 13.8. The fourth-order valence-electron chi connectivity index (χ4n) is 3.84. The fourth-order valence-corrected chi connectivity index (χ4v) is 3.84. The average Bonchev–Trinajstić information content (AvgIpc) is 3.48. The first-order valence-electron chi connectivity index (χ1n) is 10.0. The van der Waals surface area contributed by atoms with Gasteiger partial charge in [0.05, 0.1) is 35.9 Å². The highest BCUT2D eigenvalue weighted by Crippen LogP contribution is 2.33. The lowest BCUT2D eigenvalue weighted by Crippen LogP contribution is -1.89. The quantitative estimate of drug-likeness (QED) is 0.431. The van der Waals surface area contributed by atoms with E-state index in [1.807, 2.05) is 36.4 Å². The Morgan fingerprint density at radius 3 is 2.59 bits per heavy atom. The minimum atomic E-state index is 0.684. The van der Waals surface area contributed by atoms with Crippen molar-refractivity contribution in [1.82, 2.24) is 35.1 Å². The molecular weight excluding hydrogens is 402 g/mol. The summed E-state index contributed by atoms with van der Waals surface area (Å²) in [6.07, 6.45) is 8.77. The van der Waals surface area contributed by atoms with Crippen LogP contribution in [0.4, 0.5) is 0 Å². The molecule has 0 atom stereocenters. The predicted molar refractivity (Wildman–Crippen MR) is 122 cm³/mol. The molecule has 0 amide bonds. The Morgan fingerprint density at radius 2 is 1.72 bits per heavy atom. The first kappa shape index (κ1) is 18.2.